The van der Waals surface area contributed by atoms with Gasteiger partial charge in [0, 0.05) is 12.6 Å². The average molecular weight is 246 g/mol. The Morgan fingerprint density at radius 2 is 1.83 bits per heavy atom. The van der Waals surface area contributed by atoms with E-state index < -0.39 is 0 Å². The second-order valence-electron chi connectivity index (χ2n) is 5.25. The third-order valence-corrected chi connectivity index (χ3v) is 3.69. The van der Waals surface area contributed by atoms with Crippen molar-refractivity contribution in [3.05, 3.63) is 35.9 Å². The van der Waals surface area contributed by atoms with Crippen LogP contribution >= 0.6 is 0 Å². The summed E-state index contributed by atoms with van der Waals surface area (Å²) >= 11 is 0. The predicted octanol–water partition coefficient (Wildman–Crippen LogP) is 1.86. The first-order valence-electron chi connectivity index (χ1n) is 6.80. The number of carbonyl (C=O) groups excluding carboxylic acids is 1. The van der Waals surface area contributed by atoms with Crippen LogP contribution in [-0.2, 0) is 11.2 Å². The molecule has 0 unspecified atom stereocenters. The molecule has 0 spiro atoms. The molecule has 18 heavy (non-hydrogen) atoms. The van der Waals surface area contributed by atoms with E-state index in [2.05, 4.69) is 5.32 Å². The molecule has 1 aliphatic rings. The maximum Gasteiger partial charge on any atom is 0.224 e. The number of nitrogens with two attached hydrogens (primary N) is 1. The molecule has 1 fully saturated rings. The third-order valence-electron chi connectivity index (χ3n) is 3.69. The number of hydrogen-bond donors (Lipinski definition) is 2. The lowest BCUT2D eigenvalue weighted by Gasteiger charge is -2.26. The van der Waals surface area contributed by atoms with Crippen LogP contribution < -0.4 is 11.1 Å². The van der Waals surface area contributed by atoms with E-state index in [1.807, 2.05) is 30.3 Å². The van der Waals surface area contributed by atoms with E-state index >= 15 is 0 Å². The molecule has 1 aliphatic carbocycles. The molecular weight excluding hydrogens is 224 g/mol. The molecule has 3 nitrogen and oxygen atoms in total. The molecule has 1 saturated carbocycles. The van der Waals surface area contributed by atoms with Crippen LogP contribution in [0.5, 0.6) is 0 Å². The fourth-order valence-corrected chi connectivity index (χ4v) is 2.49. The number of rotatable bonds is 4. The minimum Gasteiger partial charge on any atom is -0.356 e. The molecule has 3 N–H and O–H groups in total. The molecule has 0 aromatic heterocycles. The number of hydrogen-bond acceptors (Lipinski definition) is 2. The van der Waals surface area contributed by atoms with Crippen molar-refractivity contribution < 1.29 is 4.79 Å². The van der Waals surface area contributed by atoms with Crippen LogP contribution in [0.25, 0.3) is 0 Å². The SMILES string of the molecule is NC1CCC(CNC(=O)Cc2ccccc2)CC1. The predicted molar refractivity (Wildman–Crippen MR) is 73.1 cm³/mol. The highest BCUT2D eigenvalue weighted by Gasteiger charge is 2.18. The lowest BCUT2D eigenvalue weighted by molar-refractivity contribution is -0.120. The smallest absolute Gasteiger partial charge is 0.224 e. The Balaban J connectivity index is 1.69. The standard InChI is InChI=1S/C15H22N2O/c16-14-8-6-13(7-9-14)11-17-15(18)10-12-4-2-1-3-5-12/h1-5,13-14H,6-11,16H2,(H,17,18). The molecule has 1 aromatic rings. The second-order valence-corrected chi connectivity index (χ2v) is 5.25. The van der Waals surface area contributed by atoms with E-state index in [4.69, 9.17) is 5.73 Å². The molecule has 0 heterocycles. The van der Waals surface area contributed by atoms with Crippen molar-refractivity contribution in [3.8, 4) is 0 Å². The summed E-state index contributed by atoms with van der Waals surface area (Å²) in [5.74, 6) is 0.737. The Kier molecular flexibility index (Phi) is 4.76. The maximum absolute atomic E-state index is 11.8. The van der Waals surface area contributed by atoms with Crippen LogP contribution in [0.3, 0.4) is 0 Å². The van der Waals surface area contributed by atoms with Crippen molar-refractivity contribution in [1.29, 1.82) is 0 Å². The highest BCUT2D eigenvalue weighted by Crippen LogP contribution is 2.22. The number of benzene rings is 1. The van der Waals surface area contributed by atoms with Crippen molar-refractivity contribution in [1.82, 2.24) is 5.32 Å². The zero-order chi connectivity index (χ0) is 12.8. The molecule has 98 valence electrons. The van der Waals surface area contributed by atoms with Gasteiger partial charge in [-0.1, -0.05) is 30.3 Å². The first-order chi connectivity index (χ1) is 8.74. The van der Waals surface area contributed by atoms with E-state index in [9.17, 15) is 4.79 Å². The molecule has 3 heteroatoms. The summed E-state index contributed by atoms with van der Waals surface area (Å²) in [4.78, 5) is 11.8. The highest BCUT2D eigenvalue weighted by molar-refractivity contribution is 5.78. The fraction of sp³-hybridized carbons (Fsp3) is 0.533. The van der Waals surface area contributed by atoms with E-state index in [-0.39, 0.29) is 5.91 Å². The largest absolute Gasteiger partial charge is 0.356 e. The average Bonchev–Trinajstić information content (AvgIpc) is 2.39. The fourth-order valence-electron chi connectivity index (χ4n) is 2.49. The van der Waals surface area contributed by atoms with Gasteiger partial charge in [0.25, 0.3) is 0 Å². The van der Waals surface area contributed by atoms with E-state index in [1.54, 1.807) is 0 Å². The maximum atomic E-state index is 11.8. The summed E-state index contributed by atoms with van der Waals surface area (Å²) in [5, 5.41) is 3.04. The van der Waals surface area contributed by atoms with Crippen LogP contribution in [0.1, 0.15) is 31.2 Å². The molecule has 0 bridgehead atoms. The first kappa shape index (κ1) is 13.1. The Labute approximate surface area is 109 Å². The molecule has 1 amide bonds. The number of amides is 1. The summed E-state index contributed by atoms with van der Waals surface area (Å²) in [5.41, 5.74) is 6.94. The van der Waals surface area contributed by atoms with Crippen molar-refractivity contribution in [2.75, 3.05) is 6.54 Å². The van der Waals surface area contributed by atoms with Gasteiger partial charge in [0.05, 0.1) is 6.42 Å². The summed E-state index contributed by atoms with van der Waals surface area (Å²) in [6.45, 7) is 0.804. The van der Waals surface area contributed by atoms with Gasteiger partial charge in [0.2, 0.25) is 5.91 Å². The van der Waals surface area contributed by atoms with Crippen LogP contribution in [0.15, 0.2) is 30.3 Å². The topological polar surface area (TPSA) is 55.1 Å². The summed E-state index contributed by atoms with van der Waals surface area (Å²) in [6.07, 6.45) is 4.96. The lowest BCUT2D eigenvalue weighted by Crippen LogP contribution is -2.34. The Morgan fingerprint density at radius 1 is 1.17 bits per heavy atom. The Morgan fingerprint density at radius 3 is 2.50 bits per heavy atom. The quantitative estimate of drug-likeness (QED) is 0.852. The van der Waals surface area contributed by atoms with E-state index in [0.29, 0.717) is 18.4 Å². The monoisotopic (exact) mass is 246 g/mol. The van der Waals surface area contributed by atoms with Gasteiger partial charge in [-0.15, -0.1) is 0 Å². The van der Waals surface area contributed by atoms with Crippen molar-refractivity contribution in [2.24, 2.45) is 11.7 Å². The zero-order valence-electron chi connectivity index (χ0n) is 10.8. The highest BCUT2D eigenvalue weighted by atomic mass is 16.1. The molecule has 1 aromatic carbocycles. The van der Waals surface area contributed by atoms with Gasteiger partial charge in [-0.3, -0.25) is 4.79 Å². The minimum absolute atomic E-state index is 0.121. The van der Waals surface area contributed by atoms with Crippen LogP contribution in [0.2, 0.25) is 0 Å². The molecule has 0 atom stereocenters. The molecule has 0 saturated heterocycles. The van der Waals surface area contributed by atoms with Gasteiger partial charge in [0.15, 0.2) is 0 Å². The Bertz CT molecular complexity index is 369. The van der Waals surface area contributed by atoms with Gasteiger partial charge < -0.3 is 11.1 Å². The van der Waals surface area contributed by atoms with Crippen molar-refractivity contribution >= 4 is 5.91 Å². The number of nitrogens with one attached hydrogen (secondary N) is 1. The van der Waals surface area contributed by atoms with Gasteiger partial charge >= 0.3 is 0 Å². The summed E-state index contributed by atoms with van der Waals surface area (Å²) in [7, 11) is 0. The first-order valence-corrected chi connectivity index (χ1v) is 6.80. The normalized spacial score (nSPS) is 23.6. The summed E-state index contributed by atoms with van der Waals surface area (Å²) in [6, 6.07) is 10.2. The molecular formula is C15H22N2O. The van der Waals surface area contributed by atoms with E-state index in [1.165, 1.54) is 0 Å². The van der Waals surface area contributed by atoms with Crippen LogP contribution in [-0.4, -0.2) is 18.5 Å². The van der Waals surface area contributed by atoms with Crippen molar-refractivity contribution in [3.63, 3.8) is 0 Å². The zero-order valence-corrected chi connectivity index (χ0v) is 10.8. The molecule has 2 rings (SSSR count). The van der Waals surface area contributed by atoms with Gasteiger partial charge in [-0.05, 0) is 37.2 Å². The Hall–Kier alpha value is -1.35. The van der Waals surface area contributed by atoms with E-state index in [0.717, 1.165) is 37.8 Å². The molecule has 0 radical (unpaired) electrons. The third kappa shape index (κ3) is 4.15. The summed E-state index contributed by atoms with van der Waals surface area (Å²) < 4.78 is 0. The van der Waals surface area contributed by atoms with Crippen molar-refractivity contribution in [2.45, 2.75) is 38.1 Å². The van der Waals surface area contributed by atoms with Crippen LogP contribution in [0.4, 0.5) is 0 Å². The van der Waals surface area contributed by atoms with Crippen LogP contribution in [0, 0.1) is 5.92 Å². The second kappa shape index (κ2) is 6.55. The van der Waals surface area contributed by atoms with Gasteiger partial charge in [0.1, 0.15) is 0 Å². The van der Waals surface area contributed by atoms with Gasteiger partial charge in [-0.2, -0.15) is 0 Å². The van der Waals surface area contributed by atoms with Gasteiger partial charge in [-0.25, -0.2) is 0 Å². The molecule has 0 aliphatic heterocycles. The lowest BCUT2D eigenvalue weighted by atomic mass is 9.86. The number of carbonyl (C=O) groups is 1. The minimum atomic E-state index is 0.121.